The Labute approximate surface area is 118 Å². The highest BCUT2D eigenvalue weighted by molar-refractivity contribution is 5.89. The number of ether oxygens (including phenoxy) is 1. The first-order valence-corrected chi connectivity index (χ1v) is 6.94. The first-order chi connectivity index (χ1) is 9.19. The highest BCUT2D eigenvalue weighted by Gasteiger charge is 2.30. The predicted molar refractivity (Wildman–Crippen MR) is 72.4 cm³/mol. The third-order valence-corrected chi connectivity index (χ3v) is 3.20. The van der Waals surface area contributed by atoms with Crippen molar-refractivity contribution < 1.29 is 24.2 Å². The fraction of sp³-hybridized carbons (Fsp3) is 0.786. The number of carboxylic acids is 1. The van der Waals surface area contributed by atoms with Gasteiger partial charge in [-0.25, -0.2) is 9.59 Å². The standard InChI is InChI=1S/C14H23NO5/c1-14(2,3)20-13(19)15-10(12(17)18)8-11(16)9-6-4-5-7-9/h9-10H,4-8H2,1-3H3,(H,15,19)(H,17,18). The van der Waals surface area contributed by atoms with Gasteiger partial charge in [-0.05, 0) is 33.6 Å². The molecule has 1 saturated carbocycles. The molecular formula is C14H23NO5. The van der Waals surface area contributed by atoms with Gasteiger partial charge in [0.25, 0.3) is 0 Å². The lowest BCUT2D eigenvalue weighted by Gasteiger charge is -2.22. The van der Waals surface area contributed by atoms with E-state index in [2.05, 4.69) is 5.32 Å². The SMILES string of the molecule is CC(C)(C)OC(=O)NC(CC(=O)C1CCCC1)C(=O)O. The van der Waals surface area contributed by atoms with Crippen molar-refractivity contribution in [1.82, 2.24) is 5.32 Å². The average molecular weight is 285 g/mol. The van der Waals surface area contributed by atoms with Crippen molar-refractivity contribution in [2.45, 2.75) is 64.5 Å². The maximum atomic E-state index is 12.0. The van der Waals surface area contributed by atoms with Gasteiger partial charge in [0.2, 0.25) is 0 Å². The van der Waals surface area contributed by atoms with Gasteiger partial charge in [-0.3, -0.25) is 4.79 Å². The molecule has 20 heavy (non-hydrogen) atoms. The second-order valence-corrected chi connectivity index (χ2v) is 6.19. The number of rotatable bonds is 5. The average Bonchev–Trinajstić information content (AvgIpc) is 2.78. The number of carbonyl (C=O) groups excluding carboxylic acids is 2. The van der Waals surface area contributed by atoms with E-state index in [1.807, 2.05) is 0 Å². The maximum absolute atomic E-state index is 12.0. The molecule has 1 rings (SSSR count). The van der Waals surface area contributed by atoms with E-state index in [1.54, 1.807) is 20.8 Å². The van der Waals surface area contributed by atoms with E-state index in [-0.39, 0.29) is 18.1 Å². The van der Waals surface area contributed by atoms with Crippen LogP contribution in [0.4, 0.5) is 4.79 Å². The number of Topliss-reactive ketones (excluding diaryl/α,β-unsaturated/α-hetero) is 1. The van der Waals surface area contributed by atoms with Gasteiger partial charge in [0.05, 0.1) is 0 Å². The molecule has 0 spiro atoms. The summed E-state index contributed by atoms with van der Waals surface area (Å²) in [4.78, 5) is 34.7. The summed E-state index contributed by atoms with van der Waals surface area (Å²) in [5.74, 6) is -1.37. The maximum Gasteiger partial charge on any atom is 0.408 e. The molecule has 1 amide bonds. The Kier molecular flexibility index (Phi) is 5.53. The topological polar surface area (TPSA) is 92.7 Å². The van der Waals surface area contributed by atoms with Crippen molar-refractivity contribution in [2.75, 3.05) is 0 Å². The molecule has 114 valence electrons. The first-order valence-electron chi connectivity index (χ1n) is 6.94. The van der Waals surface area contributed by atoms with Crippen molar-refractivity contribution in [3.63, 3.8) is 0 Å². The second kappa shape index (κ2) is 6.72. The van der Waals surface area contributed by atoms with E-state index < -0.39 is 23.7 Å². The van der Waals surface area contributed by atoms with E-state index in [0.29, 0.717) is 0 Å². The Bertz CT molecular complexity index is 380. The van der Waals surface area contributed by atoms with Crippen LogP contribution in [0.2, 0.25) is 0 Å². The summed E-state index contributed by atoms with van der Waals surface area (Å²) in [6, 6.07) is -1.22. The predicted octanol–water partition coefficient (Wildman–Crippen LogP) is 2.11. The summed E-state index contributed by atoms with van der Waals surface area (Å²) in [5, 5.41) is 11.3. The minimum absolute atomic E-state index is 0.0581. The van der Waals surface area contributed by atoms with Crippen LogP contribution < -0.4 is 5.32 Å². The van der Waals surface area contributed by atoms with Crippen molar-refractivity contribution in [1.29, 1.82) is 0 Å². The number of amides is 1. The van der Waals surface area contributed by atoms with Crippen LogP contribution in [0.25, 0.3) is 0 Å². The highest BCUT2D eigenvalue weighted by atomic mass is 16.6. The fourth-order valence-electron chi connectivity index (χ4n) is 2.27. The molecule has 6 heteroatoms. The molecule has 1 aliphatic carbocycles. The number of hydrogen-bond donors (Lipinski definition) is 2. The Balaban J connectivity index is 2.54. The van der Waals surface area contributed by atoms with Gasteiger partial charge >= 0.3 is 12.1 Å². The Morgan fingerprint density at radius 1 is 1.25 bits per heavy atom. The van der Waals surface area contributed by atoms with Gasteiger partial charge < -0.3 is 15.2 Å². The molecule has 0 aromatic rings. The van der Waals surface area contributed by atoms with Gasteiger partial charge in [-0.1, -0.05) is 12.8 Å². The van der Waals surface area contributed by atoms with E-state index in [0.717, 1.165) is 25.7 Å². The van der Waals surface area contributed by atoms with Crippen LogP contribution >= 0.6 is 0 Å². The molecule has 0 aromatic carbocycles. The number of ketones is 1. The van der Waals surface area contributed by atoms with Crippen molar-refractivity contribution in [3.05, 3.63) is 0 Å². The monoisotopic (exact) mass is 285 g/mol. The van der Waals surface area contributed by atoms with Gasteiger partial charge in [-0.2, -0.15) is 0 Å². The van der Waals surface area contributed by atoms with Crippen LogP contribution in [0.5, 0.6) is 0 Å². The molecule has 2 N–H and O–H groups in total. The number of nitrogens with one attached hydrogen (secondary N) is 1. The minimum atomic E-state index is -1.22. The number of carboxylic acid groups (broad SMARTS) is 1. The first kappa shape index (κ1) is 16.5. The minimum Gasteiger partial charge on any atom is -0.480 e. The summed E-state index contributed by atoms with van der Waals surface area (Å²) in [7, 11) is 0. The van der Waals surface area contributed by atoms with E-state index in [9.17, 15) is 14.4 Å². The summed E-state index contributed by atoms with van der Waals surface area (Å²) >= 11 is 0. The smallest absolute Gasteiger partial charge is 0.408 e. The van der Waals surface area contributed by atoms with Crippen LogP contribution in [-0.4, -0.2) is 34.6 Å². The molecule has 0 aliphatic heterocycles. The van der Waals surface area contributed by atoms with E-state index in [1.165, 1.54) is 0 Å². The summed E-state index contributed by atoms with van der Waals surface area (Å²) in [6.45, 7) is 5.06. The molecule has 0 bridgehead atoms. The summed E-state index contributed by atoms with van der Waals surface area (Å²) in [5.41, 5.74) is -0.706. The Morgan fingerprint density at radius 2 is 1.80 bits per heavy atom. The molecule has 1 atom stereocenters. The number of hydrogen-bond acceptors (Lipinski definition) is 4. The lowest BCUT2D eigenvalue weighted by atomic mass is 9.97. The number of carbonyl (C=O) groups is 3. The molecule has 0 aromatic heterocycles. The zero-order valence-corrected chi connectivity index (χ0v) is 12.3. The Morgan fingerprint density at radius 3 is 2.25 bits per heavy atom. The highest BCUT2D eigenvalue weighted by Crippen LogP contribution is 2.26. The van der Waals surface area contributed by atoms with Crippen molar-refractivity contribution in [2.24, 2.45) is 5.92 Å². The van der Waals surface area contributed by atoms with E-state index in [4.69, 9.17) is 9.84 Å². The number of alkyl carbamates (subject to hydrolysis) is 1. The molecule has 0 radical (unpaired) electrons. The largest absolute Gasteiger partial charge is 0.480 e. The molecule has 0 heterocycles. The Hall–Kier alpha value is -1.59. The fourth-order valence-corrected chi connectivity index (χ4v) is 2.27. The molecule has 6 nitrogen and oxygen atoms in total. The third kappa shape index (κ3) is 5.59. The lowest BCUT2D eigenvalue weighted by Crippen LogP contribution is -2.45. The molecule has 1 aliphatic rings. The molecule has 0 saturated heterocycles. The third-order valence-electron chi connectivity index (χ3n) is 3.20. The summed E-state index contributed by atoms with van der Waals surface area (Å²) < 4.78 is 5.00. The molecular weight excluding hydrogens is 262 g/mol. The molecule has 1 fully saturated rings. The van der Waals surface area contributed by atoms with Gasteiger partial charge in [-0.15, -0.1) is 0 Å². The quantitative estimate of drug-likeness (QED) is 0.807. The lowest BCUT2D eigenvalue weighted by molar-refractivity contribution is -0.141. The summed E-state index contributed by atoms with van der Waals surface area (Å²) in [6.07, 6.45) is 2.65. The molecule has 1 unspecified atom stereocenters. The normalized spacial score (nSPS) is 17.6. The zero-order chi connectivity index (χ0) is 15.3. The zero-order valence-electron chi connectivity index (χ0n) is 12.3. The van der Waals surface area contributed by atoms with Crippen LogP contribution in [0.15, 0.2) is 0 Å². The van der Waals surface area contributed by atoms with Gasteiger partial charge in [0.1, 0.15) is 17.4 Å². The van der Waals surface area contributed by atoms with Crippen LogP contribution in [0, 0.1) is 5.92 Å². The second-order valence-electron chi connectivity index (χ2n) is 6.19. The van der Waals surface area contributed by atoms with Crippen molar-refractivity contribution in [3.8, 4) is 0 Å². The van der Waals surface area contributed by atoms with E-state index >= 15 is 0 Å². The number of aliphatic carboxylic acids is 1. The van der Waals surface area contributed by atoms with Crippen LogP contribution in [-0.2, 0) is 14.3 Å². The van der Waals surface area contributed by atoms with Crippen LogP contribution in [0.3, 0.4) is 0 Å². The van der Waals surface area contributed by atoms with Gasteiger partial charge in [0.15, 0.2) is 0 Å². The van der Waals surface area contributed by atoms with Gasteiger partial charge in [0, 0.05) is 12.3 Å². The van der Waals surface area contributed by atoms with Crippen LogP contribution in [0.1, 0.15) is 52.9 Å². The van der Waals surface area contributed by atoms with Crippen molar-refractivity contribution >= 4 is 17.8 Å².